The average Bonchev–Trinajstić information content (AvgIpc) is 2.88. The van der Waals surface area contributed by atoms with E-state index in [2.05, 4.69) is 147 Å². The van der Waals surface area contributed by atoms with Gasteiger partial charge >= 0.3 is 0 Å². The Balaban J connectivity index is 1.88. The van der Waals surface area contributed by atoms with E-state index in [0.29, 0.717) is 18.3 Å². The van der Waals surface area contributed by atoms with Crippen LogP contribution >= 0.6 is 0 Å². The van der Waals surface area contributed by atoms with Crippen LogP contribution in [0.2, 0.25) is 0 Å². The fourth-order valence-corrected chi connectivity index (χ4v) is 6.79. The fourth-order valence-electron chi connectivity index (χ4n) is 6.79. The van der Waals surface area contributed by atoms with Crippen molar-refractivity contribution in [3.8, 4) is 0 Å². The highest BCUT2D eigenvalue weighted by Gasteiger charge is 2.44. The zero-order valence-electron chi connectivity index (χ0n) is 28.5. The Morgan fingerprint density at radius 2 is 1.07 bits per heavy atom. The van der Waals surface area contributed by atoms with Gasteiger partial charge in [-0.2, -0.15) is 0 Å². The maximum atomic E-state index is 12.3. The van der Waals surface area contributed by atoms with Crippen LogP contribution in [0.25, 0.3) is 0 Å². The normalized spacial score (nSPS) is 31.5. The van der Waals surface area contributed by atoms with Crippen molar-refractivity contribution in [2.45, 2.75) is 101 Å². The van der Waals surface area contributed by atoms with Crippen molar-refractivity contribution in [1.29, 1.82) is 0 Å². The van der Waals surface area contributed by atoms with Crippen LogP contribution in [0.15, 0.2) is 107 Å². The summed E-state index contributed by atoms with van der Waals surface area (Å²) in [5, 5.41) is 20.2. The van der Waals surface area contributed by atoms with E-state index in [1.165, 1.54) is 11.1 Å². The first-order valence-corrected chi connectivity index (χ1v) is 16.0. The molecule has 2 saturated carbocycles. The highest BCUT2D eigenvalue weighted by atomic mass is 16.3. The molecular weight excluding hydrogens is 528 g/mol. The van der Waals surface area contributed by atoms with E-state index < -0.39 is 6.10 Å². The Kier molecular flexibility index (Phi) is 13.9. The van der Waals surface area contributed by atoms with Crippen molar-refractivity contribution in [2.24, 2.45) is 34.5 Å². The van der Waals surface area contributed by atoms with Gasteiger partial charge in [0, 0.05) is 5.92 Å². The van der Waals surface area contributed by atoms with Crippen LogP contribution in [0.5, 0.6) is 0 Å². The van der Waals surface area contributed by atoms with Gasteiger partial charge in [0.05, 0.1) is 6.10 Å². The number of ketones is 1. The van der Waals surface area contributed by atoms with Gasteiger partial charge in [0.25, 0.3) is 0 Å². The van der Waals surface area contributed by atoms with Gasteiger partial charge in [-0.1, -0.05) is 149 Å². The van der Waals surface area contributed by atoms with Crippen molar-refractivity contribution in [1.82, 2.24) is 0 Å². The minimum Gasteiger partial charge on any atom is -0.393 e. The van der Waals surface area contributed by atoms with Crippen LogP contribution in [0.4, 0.5) is 0 Å². The zero-order chi connectivity index (χ0) is 32.4. The van der Waals surface area contributed by atoms with Gasteiger partial charge in [-0.15, -0.1) is 0 Å². The van der Waals surface area contributed by atoms with E-state index in [9.17, 15) is 15.0 Å². The van der Waals surface area contributed by atoms with E-state index in [1.807, 2.05) is 6.92 Å². The average molecular weight is 587 g/mol. The largest absolute Gasteiger partial charge is 0.393 e. The predicted molar refractivity (Wildman–Crippen MR) is 184 cm³/mol. The molecule has 0 bridgehead atoms. The van der Waals surface area contributed by atoms with Crippen molar-refractivity contribution in [3.63, 3.8) is 0 Å². The highest BCUT2D eigenvalue weighted by Crippen LogP contribution is 2.45. The molecule has 6 unspecified atom stereocenters. The first-order chi connectivity index (χ1) is 20.0. The Labute approximate surface area is 263 Å². The lowest BCUT2D eigenvalue weighted by Crippen LogP contribution is -2.45. The molecule has 2 rings (SSSR count). The highest BCUT2D eigenvalue weighted by molar-refractivity contribution is 5.86. The van der Waals surface area contributed by atoms with Gasteiger partial charge < -0.3 is 10.2 Å². The maximum absolute atomic E-state index is 12.3. The molecule has 0 aliphatic heterocycles. The summed E-state index contributed by atoms with van der Waals surface area (Å²) in [5.41, 5.74) is 4.69. The Hall–Kier alpha value is -2.75. The molecule has 2 aliphatic rings. The van der Waals surface area contributed by atoms with Crippen molar-refractivity contribution >= 4 is 5.78 Å². The molecule has 2 N–H and O–H groups in total. The van der Waals surface area contributed by atoms with Gasteiger partial charge in [0.1, 0.15) is 6.10 Å². The lowest BCUT2D eigenvalue weighted by atomic mass is 9.62. The van der Waals surface area contributed by atoms with Crippen molar-refractivity contribution in [2.75, 3.05) is 0 Å². The number of aliphatic hydroxyl groups excluding tert-OH is 2. The Bertz CT molecular complexity index is 1220. The van der Waals surface area contributed by atoms with E-state index >= 15 is 0 Å². The summed E-state index contributed by atoms with van der Waals surface area (Å²) in [4.78, 5) is 12.3. The summed E-state index contributed by atoms with van der Waals surface area (Å²) in [6.07, 6.45) is 30.9. The molecule has 0 aromatic rings. The number of carbonyl (C=O) groups is 1. The molecule has 3 heteroatoms. The number of rotatable bonds is 10. The van der Waals surface area contributed by atoms with Crippen molar-refractivity contribution < 1.29 is 15.0 Å². The standard InChI is InChI=1S/C40H58O3/c1-28(17-13-19-30(3)21-23-35-32(5)25-34(41)26-39(35,7)8)15-11-12-16-29(2)18-14-20-31(4)22-24-36-33(6)38(43)37(42)27-40(36,9)10/h11-24,32-37,41-42H,25-27H2,1-10H3/b12-11+,17-13+,18-14+,23-21+,24-22+,28-15+,29-16+,30-19+,31-20+. The van der Waals surface area contributed by atoms with Gasteiger partial charge in [0.15, 0.2) is 5.78 Å². The molecule has 0 aromatic carbocycles. The van der Waals surface area contributed by atoms with Gasteiger partial charge in [-0.05, 0) is 75.5 Å². The Morgan fingerprint density at radius 1 is 0.651 bits per heavy atom. The molecule has 0 amide bonds. The molecule has 0 radical (unpaired) electrons. The summed E-state index contributed by atoms with van der Waals surface area (Å²) in [6.45, 7) is 21.4. The summed E-state index contributed by atoms with van der Waals surface area (Å²) in [5.74, 6) is 0.861. The summed E-state index contributed by atoms with van der Waals surface area (Å²) >= 11 is 0. The monoisotopic (exact) mass is 586 g/mol. The second-order valence-corrected chi connectivity index (χ2v) is 14.5. The summed E-state index contributed by atoms with van der Waals surface area (Å²) in [7, 11) is 0. The van der Waals surface area contributed by atoms with E-state index in [0.717, 1.165) is 24.0 Å². The minimum absolute atomic E-state index is 0.0443. The molecule has 6 atom stereocenters. The molecule has 2 aliphatic carbocycles. The number of allylic oxidation sites excluding steroid dienone is 18. The SMILES string of the molecule is CC(/C=C/C=C(C)/C=C/C1C(C)CC(O)CC1(C)C)=C\C=C\C=C(C)\C=C\C=C(C)\C=C\C1C(C)C(=O)C(O)CC1(C)C. The van der Waals surface area contributed by atoms with Crippen LogP contribution in [-0.4, -0.2) is 28.2 Å². The zero-order valence-corrected chi connectivity index (χ0v) is 28.5. The van der Waals surface area contributed by atoms with Gasteiger partial charge in [-0.3, -0.25) is 4.79 Å². The quantitative estimate of drug-likeness (QED) is 0.251. The molecule has 0 spiro atoms. The van der Waals surface area contributed by atoms with Crippen LogP contribution in [0.3, 0.4) is 0 Å². The first-order valence-electron chi connectivity index (χ1n) is 16.0. The molecule has 236 valence electrons. The number of Topliss-reactive ketones (excluding diaryl/α,β-unsaturated/α-hetero) is 1. The van der Waals surface area contributed by atoms with E-state index in [1.54, 1.807) is 0 Å². The molecule has 0 aromatic heterocycles. The van der Waals surface area contributed by atoms with Crippen LogP contribution < -0.4 is 0 Å². The topological polar surface area (TPSA) is 57.5 Å². The van der Waals surface area contributed by atoms with Gasteiger partial charge in [0.2, 0.25) is 0 Å². The summed E-state index contributed by atoms with van der Waals surface area (Å²) in [6, 6.07) is 0. The van der Waals surface area contributed by atoms with Crippen LogP contribution in [-0.2, 0) is 4.79 Å². The third-order valence-corrected chi connectivity index (χ3v) is 9.26. The Morgan fingerprint density at radius 3 is 1.56 bits per heavy atom. The number of hydrogen-bond acceptors (Lipinski definition) is 3. The molecule has 43 heavy (non-hydrogen) atoms. The number of hydrogen-bond donors (Lipinski definition) is 2. The fraction of sp³-hybridized carbons (Fsp3) is 0.525. The second-order valence-electron chi connectivity index (χ2n) is 14.5. The molecular formula is C40H58O3. The minimum atomic E-state index is -0.839. The lowest BCUT2D eigenvalue weighted by Gasteiger charge is -2.43. The molecule has 0 saturated heterocycles. The van der Waals surface area contributed by atoms with Crippen LogP contribution in [0.1, 0.15) is 88.5 Å². The third-order valence-electron chi connectivity index (χ3n) is 9.26. The molecule has 0 heterocycles. The van der Waals surface area contributed by atoms with Gasteiger partial charge in [-0.25, -0.2) is 0 Å². The lowest BCUT2D eigenvalue weighted by molar-refractivity contribution is -0.140. The smallest absolute Gasteiger partial charge is 0.164 e. The number of aliphatic hydroxyl groups is 2. The van der Waals surface area contributed by atoms with Crippen LogP contribution in [0, 0.1) is 34.5 Å². The second kappa shape index (κ2) is 16.4. The summed E-state index contributed by atoms with van der Waals surface area (Å²) < 4.78 is 0. The van der Waals surface area contributed by atoms with Crippen molar-refractivity contribution in [3.05, 3.63) is 107 Å². The maximum Gasteiger partial charge on any atom is 0.164 e. The molecule has 3 nitrogen and oxygen atoms in total. The number of carbonyl (C=O) groups excluding carboxylic acids is 1. The first kappa shape index (κ1) is 36.4. The predicted octanol–water partition coefficient (Wildman–Crippen LogP) is 9.60. The molecule has 2 fully saturated rings. The third kappa shape index (κ3) is 11.7. The van der Waals surface area contributed by atoms with E-state index in [4.69, 9.17) is 0 Å². The van der Waals surface area contributed by atoms with E-state index in [-0.39, 0.29) is 34.6 Å².